The van der Waals surface area contributed by atoms with Crippen molar-refractivity contribution in [3.8, 4) is 0 Å². The van der Waals surface area contributed by atoms with Gasteiger partial charge in [-0.05, 0) is 25.7 Å². The molecule has 0 aliphatic heterocycles. The van der Waals surface area contributed by atoms with Crippen LogP contribution in [0.25, 0.3) is 0 Å². The molecule has 5 nitrogen and oxygen atoms in total. The number of allylic oxidation sites excluding steroid dienone is 1. The molecule has 0 radical (unpaired) electrons. The van der Waals surface area contributed by atoms with Gasteiger partial charge >= 0.3 is 5.97 Å². The lowest BCUT2D eigenvalue weighted by Crippen LogP contribution is -2.13. The molecular weight excluding hydrogens is 208 g/mol. The summed E-state index contributed by atoms with van der Waals surface area (Å²) in [5.74, 6) is -0.713. The van der Waals surface area contributed by atoms with Gasteiger partial charge in [-0.1, -0.05) is 10.4 Å². The van der Waals surface area contributed by atoms with Gasteiger partial charge in [0.15, 0.2) is 0 Å². The zero-order valence-corrected chi connectivity index (χ0v) is 8.67. The van der Waals surface area contributed by atoms with Crippen LogP contribution in [0.5, 0.6) is 0 Å². The number of carbonyl (C=O) groups excluding carboxylic acids is 1. The molecule has 0 unspecified atom stereocenters. The Morgan fingerprint density at radius 1 is 1.43 bits per heavy atom. The lowest BCUT2D eigenvalue weighted by atomic mass is 10.0. The third-order valence-electron chi connectivity index (χ3n) is 1.79. The minimum atomic E-state index is -3.73. The standard InChI is InChI=1S/C8H12O5S/c1-14(10,11)13-12-8(9)7-5-3-2-4-6-7/h5H,2-4,6H2,1H3. The SMILES string of the molecule is CS(=O)(=O)OOC(=O)C1=CCCCC1. The van der Waals surface area contributed by atoms with Crippen molar-refractivity contribution in [1.29, 1.82) is 0 Å². The summed E-state index contributed by atoms with van der Waals surface area (Å²) in [6.45, 7) is 0. The molecular formula is C8H12O5S. The molecule has 1 rings (SSSR count). The second-order valence-corrected chi connectivity index (χ2v) is 4.66. The summed E-state index contributed by atoms with van der Waals surface area (Å²) in [5, 5.41) is 0. The van der Waals surface area contributed by atoms with Crippen molar-refractivity contribution in [2.75, 3.05) is 6.26 Å². The van der Waals surface area contributed by atoms with Crippen molar-refractivity contribution in [3.63, 3.8) is 0 Å². The lowest BCUT2D eigenvalue weighted by molar-refractivity contribution is -0.206. The quantitative estimate of drug-likeness (QED) is 0.522. The average Bonchev–Trinajstić information content (AvgIpc) is 2.14. The van der Waals surface area contributed by atoms with E-state index >= 15 is 0 Å². The molecule has 0 aromatic rings. The summed E-state index contributed by atoms with van der Waals surface area (Å²) in [6.07, 6.45) is 5.96. The molecule has 0 fully saturated rings. The molecule has 0 aromatic heterocycles. The van der Waals surface area contributed by atoms with Crippen LogP contribution in [-0.2, 0) is 24.1 Å². The van der Waals surface area contributed by atoms with E-state index in [1.807, 2.05) is 0 Å². The van der Waals surface area contributed by atoms with Gasteiger partial charge in [0, 0.05) is 5.57 Å². The van der Waals surface area contributed by atoms with Gasteiger partial charge in [-0.3, -0.25) is 4.89 Å². The number of hydrogen-bond donors (Lipinski definition) is 0. The average molecular weight is 220 g/mol. The van der Waals surface area contributed by atoms with Crippen LogP contribution < -0.4 is 0 Å². The highest BCUT2D eigenvalue weighted by Gasteiger charge is 2.16. The van der Waals surface area contributed by atoms with Crippen molar-refractivity contribution < 1.29 is 22.4 Å². The van der Waals surface area contributed by atoms with Crippen molar-refractivity contribution in [2.45, 2.75) is 25.7 Å². The highest BCUT2D eigenvalue weighted by molar-refractivity contribution is 7.85. The highest BCUT2D eigenvalue weighted by atomic mass is 32.2. The van der Waals surface area contributed by atoms with Gasteiger partial charge in [0.05, 0.1) is 6.26 Å². The Balaban J connectivity index is 2.46. The largest absolute Gasteiger partial charge is 0.370 e. The molecule has 0 saturated carbocycles. The Labute approximate surface area is 82.8 Å². The van der Waals surface area contributed by atoms with Gasteiger partial charge in [0.2, 0.25) is 0 Å². The molecule has 0 bridgehead atoms. The summed E-state index contributed by atoms with van der Waals surface area (Å²) >= 11 is 0. The van der Waals surface area contributed by atoms with E-state index in [-0.39, 0.29) is 0 Å². The topological polar surface area (TPSA) is 69.7 Å². The summed E-state index contributed by atoms with van der Waals surface area (Å²) in [4.78, 5) is 15.3. The van der Waals surface area contributed by atoms with Gasteiger partial charge in [-0.15, -0.1) is 0 Å². The maximum absolute atomic E-state index is 11.2. The van der Waals surface area contributed by atoms with Crippen molar-refractivity contribution in [1.82, 2.24) is 0 Å². The van der Waals surface area contributed by atoms with Crippen LogP contribution in [-0.4, -0.2) is 20.6 Å². The van der Waals surface area contributed by atoms with Crippen molar-refractivity contribution in [3.05, 3.63) is 11.6 Å². The molecule has 0 amide bonds. The maximum atomic E-state index is 11.2. The smallest absolute Gasteiger partial charge is 0.276 e. The molecule has 80 valence electrons. The van der Waals surface area contributed by atoms with Gasteiger partial charge in [0.1, 0.15) is 0 Å². The molecule has 0 N–H and O–H groups in total. The molecule has 14 heavy (non-hydrogen) atoms. The van der Waals surface area contributed by atoms with E-state index in [4.69, 9.17) is 0 Å². The van der Waals surface area contributed by atoms with Crippen LogP contribution in [0.2, 0.25) is 0 Å². The van der Waals surface area contributed by atoms with Gasteiger partial charge in [-0.25, -0.2) is 4.79 Å². The minimum absolute atomic E-state index is 0.486. The second kappa shape index (κ2) is 4.56. The van der Waals surface area contributed by atoms with E-state index in [0.717, 1.165) is 25.5 Å². The fourth-order valence-electron chi connectivity index (χ4n) is 1.17. The van der Waals surface area contributed by atoms with Crippen LogP contribution in [0.15, 0.2) is 11.6 Å². The first-order valence-electron chi connectivity index (χ1n) is 4.28. The van der Waals surface area contributed by atoms with Crippen LogP contribution in [0.1, 0.15) is 25.7 Å². The molecule has 0 atom stereocenters. The van der Waals surface area contributed by atoms with E-state index in [0.29, 0.717) is 12.0 Å². The molecule has 6 heteroatoms. The number of rotatable bonds is 3. The first-order valence-corrected chi connectivity index (χ1v) is 6.10. The second-order valence-electron chi connectivity index (χ2n) is 3.12. The molecule has 1 aliphatic carbocycles. The lowest BCUT2D eigenvalue weighted by Gasteiger charge is -2.09. The predicted molar refractivity (Wildman–Crippen MR) is 48.6 cm³/mol. The van der Waals surface area contributed by atoms with Crippen LogP contribution >= 0.6 is 0 Å². The Kier molecular flexibility index (Phi) is 3.65. The molecule has 1 aliphatic rings. The van der Waals surface area contributed by atoms with E-state index in [1.165, 1.54) is 0 Å². The highest BCUT2D eigenvalue weighted by Crippen LogP contribution is 2.18. The number of hydrogen-bond acceptors (Lipinski definition) is 5. The van der Waals surface area contributed by atoms with Crippen LogP contribution in [0.4, 0.5) is 0 Å². The van der Waals surface area contributed by atoms with Gasteiger partial charge in [-0.2, -0.15) is 8.42 Å². The maximum Gasteiger partial charge on any atom is 0.370 e. The van der Waals surface area contributed by atoms with Crippen LogP contribution in [0, 0.1) is 0 Å². The fraction of sp³-hybridized carbons (Fsp3) is 0.625. The van der Waals surface area contributed by atoms with Crippen LogP contribution in [0.3, 0.4) is 0 Å². The van der Waals surface area contributed by atoms with Gasteiger partial charge < -0.3 is 0 Å². The third kappa shape index (κ3) is 3.89. The summed E-state index contributed by atoms with van der Waals surface area (Å²) in [6, 6.07) is 0. The summed E-state index contributed by atoms with van der Waals surface area (Å²) in [5.41, 5.74) is 0.486. The summed E-state index contributed by atoms with van der Waals surface area (Å²) in [7, 11) is -3.73. The van der Waals surface area contributed by atoms with E-state index in [2.05, 4.69) is 9.22 Å². The summed E-state index contributed by atoms with van der Waals surface area (Å²) < 4.78 is 24.9. The normalized spacial score (nSPS) is 17.4. The van der Waals surface area contributed by atoms with Crippen molar-refractivity contribution >= 4 is 16.1 Å². The molecule has 0 saturated heterocycles. The van der Waals surface area contributed by atoms with E-state index < -0.39 is 16.1 Å². The monoisotopic (exact) mass is 220 g/mol. The third-order valence-corrected chi connectivity index (χ3v) is 2.10. The zero-order chi connectivity index (χ0) is 10.6. The first kappa shape index (κ1) is 11.2. The predicted octanol–water partition coefficient (Wildman–Crippen LogP) is 0.921. The first-order chi connectivity index (χ1) is 6.49. The molecule has 0 spiro atoms. The number of carbonyl (C=O) groups is 1. The Hall–Kier alpha value is -0.880. The fourth-order valence-corrected chi connectivity index (χ4v) is 1.36. The van der Waals surface area contributed by atoms with Gasteiger partial charge in [0.25, 0.3) is 10.1 Å². The Bertz CT molecular complexity index is 341. The Morgan fingerprint density at radius 2 is 2.14 bits per heavy atom. The molecule has 0 heterocycles. The van der Waals surface area contributed by atoms with E-state index in [9.17, 15) is 13.2 Å². The molecule has 0 aromatic carbocycles. The Morgan fingerprint density at radius 3 is 2.64 bits per heavy atom. The zero-order valence-electron chi connectivity index (χ0n) is 7.86. The van der Waals surface area contributed by atoms with E-state index in [1.54, 1.807) is 6.08 Å². The minimum Gasteiger partial charge on any atom is -0.276 e. The van der Waals surface area contributed by atoms with Crippen molar-refractivity contribution in [2.24, 2.45) is 0 Å².